The van der Waals surface area contributed by atoms with Gasteiger partial charge in [-0.25, -0.2) is 8.42 Å². The first-order valence-corrected chi connectivity index (χ1v) is 12.2. The van der Waals surface area contributed by atoms with E-state index in [-0.39, 0.29) is 10.9 Å². The lowest BCUT2D eigenvalue weighted by Gasteiger charge is -2.26. The molecule has 0 atom stereocenters. The largest absolute Gasteiger partial charge is 0.379 e. The van der Waals surface area contributed by atoms with Crippen molar-refractivity contribution in [2.45, 2.75) is 10.9 Å². The third-order valence-electron chi connectivity index (χ3n) is 5.26. The second-order valence-electron chi connectivity index (χ2n) is 7.39. The van der Waals surface area contributed by atoms with Gasteiger partial charge in [0.05, 0.1) is 24.2 Å². The minimum absolute atomic E-state index is 0.113. The van der Waals surface area contributed by atoms with Gasteiger partial charge in [0.2, 0.25) is 10.0 Å². The number of thiocarbonyl (C=S) groups is 1. The summed E-state index contributed by atoms with van der Waals surface area (Å²) in [4.78, 5) is 0.260. The predicted molar refractivity (Wildman–Crippen MR) is 130 cm³/mol. The van der Waals surface area contributed by atoms with Crippen LogP contribution >= 0.6 is 12.2 Å². The Morgan fingerprint density at radius 2 is 1.38 bits per heavy atom. The molecule has 32 heavy (non-hydrogen) atoms. The number of rotatable bonds is 6. The van der Waals surface area contributed by atoms with Gasteiger partial charge in [-0.2, -0.15) is 4.31 Å². The van der Waals surface area contributed by atoms with Crippen LogP contribution in [0.1, 0.15) is 17.2 Å². The van der Waals surface area contributed by atoms with Crippen molar-refractivity contribution in [3.63, 3.8) is 0 Å². The van der Waals surface area contributed by atoms with Crippen molar-refractivity contribution in [2.24, 2.45) is 0 Å². The zero-order valence-electron chi connectivity index (χ0n) is 17.5. The Morgan fingerprint density at radius 1 is 0.844 bits per heavy atom. The molecule has 0 amide bonds. The van der Waals surface area contributed by atoms with Crippen LogP contribution in [0.5, 0.6) is 0 Å². The number of anilines is 1. The quantitative estimate of drug-likeness (QED) is 0.538. The molecule has 1 aliphatic rings. The standard InChI is InChI=1S/C24H25N3O3S2/c28-32(29,27-15-17-30-18-16-27)22-13-11-21(12-14-22)25-24(31)26-23(19-7-3-1-4-8-19)20-9-5-2-6-10-20/h1-14,23H,15-18H2,(H2,25,26,31). The summed E-state index contributed by atoms with van der Waals surface area (Å²) in [6.07, 6.45) is 0. The topological polar surface area (TPSA) is 70.7 Å². The number of morpholine rings is 1. The van der Waals surface area contributed by atoms with Crippen molar-refractivity contribution >= 4 is 33.0 Å². The lowest BCUT2D eigenvalue weighted by Crippen LogP contribution is -2.40. The van der Waals surface area contributed by atoms with Crippen LogP contribution < -0.4 is 10.6 Å². The SMILES string of the molecule is O=S(=O)(c1ccc(NC(=S)NC(c2ccccc2)c2ccccc2)cc1)N1CCOCC1. The van der Waals surface area contributed by atoms with E-state index in [9.17, 15) is 8.42 Å². The van der Waals surface area contributed by atoms with Crippen molar-refractivity contribution < 1.29 is 13.2 Å². The minimum Gasteiger partial charge on any atom is -0.379 e. The summed E-state index contributed by atoms with van der Waals surface area (Å²) in [5, 5.41) is 6.99. The van der Waals surface area contributed by atoms with E-state index in [1.54, 1.807) is 24.3 Å². The molecule has 0 bridgehead atoms. The summed E-state index contributed by atoms with van der Waals surface area (Å²) < 4.78 is 32.3. The van der Waals surface area contributed by atoms with Gasteiger partial charge in [0.1, 0.15) is 0 Å². The van der Waals surface area contributed by atoms with E-state index in [4.69, 9.17) is 17.0 Å². The summed E-state index contributed by atoms with van der Waals surface area (Å²) in [5.41, 5.74) is 2.90. The van der Waals surface area contributed by atoms with Crippen LogP contribution in [-0.4, -0.2) is 44.1 Å². The Bertz CT molecular complexity index is 1090. The first-order chi connectivity index (χ1) is 15.5. The molecular formula is C24H25N3O3S2. The van der Waals surface area contributed by atoms with E-state index in [0.29, 0.717) is 37.1 Å². The Hall–Kier alpha value is -2.78. The number of benzene rings is 3. The lowest BCUT2D eigenvalue weighted by molar-refractivity contribution is 0.0730. The van der Waals surface area contributed by atoms with Crippen molar-refractivity contribution in [3.05, 3.63) is 96.1 Å². The maximum atomic E-state index is 12.8. The second-order valence-corrected chi connectivity index (χ2v) is 9.74. The molecule has 0 radical (unpaired) electrons. The van der Waals surface area contributed by atoms with E-state index < -0.39 is 10.0 Å². The van der Waals surface area contributed by atoms with Crippen molar-refractivity contribution in [3.8, 4) is 0 Å². The van der Waals surface area contributed by atoms with Crippen LogP contribution in [0.2, 0.25) is 0 Å². The van der Waals surface area contributed by atoms with Crippen molar-refractivity contribution in [1.82, 2.24) is 9.62 Å². The fourth-order valence-electron chi connectivity index (χ4n) is 3.59. The molecule has 0 saturated carbocycles. The summed E-state index contributed by atoms with van der Waals surface area (Å²) >= 11 is 5.56. The molecule has 0 spiro atoms. The fourth-order valence-corrected chi connectivity index (χ4v) is 5.24. The van der Waals surface area contributed by atoms with Crippen molar-refractivity contribution in [1.29, 1.82) is 0 Å². The highest BCUT2D eigenvalue weighted by Crippen LogP contribution is 2.23. The average molecular weight is 468 g/mol. The van der Waals surface area contributed by atoms with Crippen LogP contribution in [0.3, 0.4) is 0 Å². The Kier molecular flexibility index (Phi) is 7.16. The number of hydrogen-bond donors (Lipinski definition) is 2. The van der Waals surface area contributed by atoms with Crippen LogP contribution in [0.15, 0.2) is 89.8 Å². The first-order valence-electron chi connectivity index (χ1n) is 10.4. The molecule has 1 aliphatic heterocycles. The first kappa shape index (κ1) is 22.4. The van der Waals surface area contributed by atoms with E-state index in [1.165, 1.54) is 4.31 Å². The molecule has 4 rings (SSSR count). The zero-order chi connectivity index (χ0) is 22.4. The highest BCUT2D eigenvalue weighted by atomic mass is 32.2. The molecule has 0 aromatic heterocycles. The summed E-state index contributed by atoms with van der Waals surface area (Å²) in [6, 6.07) is 26.7. The number of ether oxygens (including phenoxy) is 1. The Labute approximate surface area is 194 Å². The molecular weight excluding hydrogens is 442 g/mol. The fraction of sp³-hybridized carbons (Fsp3) is 0.208. The third kappa shape index (κ3) is 5.34. The highest BCUT2D eigenvalue weighted by molar-refractivity contribution is 7.89. The van der Waals surface area contributed by atoms with Gasteiger partial charge in [0, 0.05) is 18.8 Å². The number of sulfonamides is 1. The van der Waals surface area contributed by atoms with Crippen molar-refractivity contribution in [2.75, 3.05) is 31.6 Å². The minimum atomic E-state index is -3.52. The molecule has 3 aromatic carbocycles. The number of hydrogen-bond acceptors (Lipinski definition) is 4. The second kappa shape index (κ2) is 10.2. The Balaban J connectivity index is 1.46. The van der Waals surface area contributed by atoms with Gasteiger partial charge >= 0.3 is 0 Å². The molecule has 1 fully saturated rings. The van der Waals surface area contributed by atoms with E-state index in [0.717, 1.165) is 11.1 Å². The van der Waals surface area contributed by atoms with Gasteiger partial charge in [0.25, 0.3) is 0 Å². The van der Waals surface area contributed by atoms with E-state index >= 15 is 0 Å². The van der Waals surface area contributed by atoms with Gasteiger partial charge in [0.15, 0.2) is 5.11 Å². The monoisotopic (exact) mass is 467 g/mol. The summed E-state index contributed by atoms with van der Waals surface area (Å²) in [5.74, 6) is 0. The summed E-state index contributed by atoms with van der Waals surface area (Å²) in [7, 11) is -3.52. The highest BCUT2D eigenvalue weighted by Gasteiger charge is 2.26. The smallest absolute Gasteiger partial charge is 0.243 e. The molecule has 1 saturated heterocycles. The molecule has 6 nitrogen and oxygen atoms in total. The van der Waals surface area contributed by atoms with Gasteiger partial charge in [-0.3, -0.25) is 0 Å². The lowest BCUT2D eigenvalue weighted by atomic mass is 9.99. The molecule has 0 aliphatic carbocycles. The molecule has 3 aromatic rings. The molecule has 0 unspecified atom stereocenters. The van der Waals surface area contributed by atoms with Gasteiger partial charge in [-0.05, 0) is 47.6 Å². The van der Waals surface area contributed by atoms with Gasteiger partial charge in [-0.15, -0.1) is 0 Å². The van der Waals surface area contributed by atoms with Gasteiger partial charge in [-0.1, -0.05) is 60.7 Å². The van der Waals surface area contributed by atoms with Crippen LogP contribution in [0, 0.1) is 0 Å². The molecule has 166 valence electrons. The van der Waals surface area contributed by atoms with Crippen LogP contribution in [-0.2, 0) is 14.8 Å². The average Bonchev–Trinajstić information content (AvgIpc) is 2.84. The maximum absolute atomic E-state index is 12.8. The maximum Gasteiger partial charge on any atom is 0.243 e. The number of nitrogens with zero attached hydrogens (tertiary/aromatic N) is 1. The zero-order valence-corrected chi connectivity index (χ0v) is 19.1. The normalized spacial score (nSPS) is 14.8. The summed E-state index contributed by atoms with van der Waals surface area (Å²) in [6.45, 7) is 1.58. The van der Waals surface area contributed by atoms with Crippen LogP contribution in [0.25, 0.3) is 0 Å². The van der Waals surface area contributed by atoms with Gasteiger partial charge < -0.3 is 15.4 Å². The third-order valence-corrected chi connectivity index (χ3v) is 7.39. The van der Waals surface area contributed by atoms with E-state index in [1.807, 2.05) is 36.4 Å². The predicted octanol–water partition coefficient (Wildman–Crippen LogP) is 3.78. The van der Waals surface area contributed by atoms with Crippen LogP contribution in [0.4, 0.5) is 5.69 Å². The number of nitrogens with one attached hydrogen (secondary N) is 2. The van der Waals surface area contributed by atoms with E-state index in [2.05, 4.69) is 34.9 Å². The molecule has 1 heterocycles. The Morgan fingerprint density at radius 3 is 1.91 bits per heavy atom. The molecule has 2 N–H and O–H groups in total. The molecule has 8 heteroatoms.